The van der Waals surface area contributed by atoms with E-state index in [0.717, 1.165) is 0 Å². The van der Waals surface area contributed by atoms with E-state index in [0.29, 0.717) is 22.6 Å². The zero-order valence-corrected chi connectivity index (χ0v) is 11.0. The van der Waals surface area contributed by atoms with Crippen molar-refractivity contribution in [2.24, 2.45) is 0 Å². The third-order valence-electron chi connectivity index (χ3n) is 2.67. The van der Waals surface area contributed by atoms with Crippen LogP contribution in [0.4, 0.5) is 5.69 Å². The summed E-state index contributed by atoms with van der Waals surface area (Å²) < 4.78 is 5.12. The molecule has 5 heteroatoms. The van der Waals surface area contributed by atoms with Crippen LogP contribution in [0.1, 0.15) is 15.9 Å². The Labute approximate surface area is 122 Å². The van der Waals surface area contributed by atoms with E-state index in [1.165, 1.54) is 6.07 Å². The van der Waals surface area contributed by atoms with E-state index in [9.17, 15) is 4.79 Å². The molecule has 102 valence electrons. The van der Waals surface area contributed by atoms with E-state index >= 15 is 0 Å². The van der Waals surface area contributed by atoms with Gasteiger partial charge in [0.15, 0.2) is 6.61 Å². The summed E-state index contributed by atoms with van der Waals surface area (Å²) >= 11 is 0. The molecule has 0 saturated carbocycles. The maximum Gasteiger partial charge on any atom is 0.255 e. The SMILES string of the molecule is N#CCOc1ccc(NC(=O)c2cccc(C#N)c2)cc1. The third-order valence-corrected chi connectivity index (χ3v) is 2.67. The summed E-state index contributed by atoms with van der Waals surface area (Å²) in [5.41, 5.74) is 1.45. The van der Waals surface area contributed by atoms with Gasteiger partial charge in [0.25, 0.3) is 5.91 Å². The minimum Gasteiger partial charge on any atom is -0.479 e. The van der Waals surface area contributed by atoms with E-state index in [1.807, 2.05) is 12.1 Å². The summed E-state index contributed by atoms with van der Waals surface area (Å²) in [6.45, 7) is -0.0212. The highest BCUT2D eigenvalue weighted by atomic mass is 16.5. The van der Waals surface area contributed by atoms with Gasteiger partial charge in [0.1, 0.15) is 11.8 Å². The molecule has 2 aromatic rings. The first-order valence-electron chi connectivity index (χ1n) is 6.14. The zero-order chi connectivity index (χ0) is 15.1. The zero-order valence-electron chi connectivity index (χ0n) is 11.0. The van der Waals surface area contributed by atoms with Gasteiger partial charge < -0.3 is 10.1 Å². The number of hydrogen-bond donors (Lipinski definition) is 1. The third kappa shape index (κ3) is 3.82. The average molecular weight is 277 g/mol. The lowest BCUT2D eigenvalue weighted by Crippen LogP contribution is -2.11. The second-order valence-electron chi connectivity index (χ2n) is 4.12. The Bertz CT molecular complexity index is 724. The van der Waals surface area contributed by atoms with E-state index in [1.54, 1.807) is 42.5 Å². The second-order valence-corrected chi connectivity index (χ2v) is 4.12. The number of carbonyl (C=O) groups excluding carboxylic acids is 1. The van der Waals surface area contributed by atoms with Crippen LogP contribution in [0.2, 0.25) is 0 Å². The van der Waals surface area contributed by atoms with Gasteiger partial charge in [0.2, 0.25) is 0 Å². The highest BCUT2D eigenvalue weighted by molar-refractivity contribution is 6.04. The Kier molecular flexibility index (Phi) is 4.53. The van der Waals surface area contributed by atoms with Gasteiger partial charge in [-0.05, 0) is 42.5 Å². The van der Waals surface area contributed by atoms with Crippen LogP contribution in [0.5, 0.6) is 5.75 Å². The first-order chi connectivity index (χ1) is 10.2. The highest BCUT2D eigenvalue weighted by Crippen LogP contribution is 2.16. The van der Waals surface area contributed by atoms with Crippen LogP contribution in [-0.4, -0.2) is 12.5 Å². The van der Waals surface area contributed by atoms with Crippen LogP contribution in [0.25, 0.3) is 0 Å². The van der Waals surface area contributed by atoms with E-state index in [-0.39, 0.29) is 12.5 Å². The van der Waals surface area contributed by atoms with Crippen molar-refractivity contribution in [3.63, 3.8) is 0 Å². The number of rotatable bonds is 4. The molecule has 0 atom stereocenters. The highest BCUT2D eigenvalue weighted by Gasteiger charge is 2.06. The Morgan fingerprint density at radius 3 is 2.57 bits per heavy atom. The van der Waals surface area contributed by atoms with Gasteiger partial charge in [0, 0.05) is 11.3 Å². The second kappa shape index (κ2) is 6.74. The van der Waals surface area contributed by atoms with Gasteiger partial charge in [-0.3, -0.25) is 4.79 Å². The monoisotopic (exact) mass is 277 g/mol. The van der Waals surface area contributed by atoms with Gasteiger partial charge in [-0.1, -0.05) is 6.07 Å². The summed E-state index contributed by atoms with van der Waals surface area (Å²) in [5, 5.41) is 20.0. The molecule has 0 aliphatic carbocycles. The van der Waals surface area contributed by atoms with Crippen LogP contribution in [0.15, 0.2) is 48.5 Å². The molecule has 0 fully saturated rings. The number of nitrogens with one attached hydrogen (secondary N) is 1. The lowest BCUT2D eigenvalue weighted by molar-refractivity contribution is 0.102. The van der Waals surface area contributed by atoms with Gasteiger partial charge in [0.05, 0.1) is 11.6 Å². The molecule has 0 aliphatic heterocycles. The lowest BCUT2D eigenvalue weighted by Gasteiger charge is -2.07. The fourth-order valence-electron chi connectivity index (χ4n) is 1.68. The summed E-state index contributed by atoms with van der Waals surface area (Å²) in [5.74, 6) is 0.263. The number of amides is 1. The van der Waals surface area contributed by atoms with Crippen molar-refractivity contribution in [3.8, 4) is 17.9 Å². The molecule has 2 rings (SSSR count). The first-order valence-corrected chi connectivity index (χ1v) is 6.14. The topological polar surface area (TPSA) is 85.9 Å². The molecule has 0 saturated heterocycles. The maximum absolute atomic E-state index is 12.0. The number of ether oxygens (including phenoxy) is 1. The van der Waals surface area contributed by atoms with E-state index < -0.39 is 0 Å². The number of nitrogens with zero attached hydrogens (tertiary/aromatic N) is 2. The Morgan fingerprint density at radius 1 is 1.14 bits per heavy atom. The molecular formula is C16H11N3O2. The molecule has 2 aromatic carbocycles. The first kappa shape index (κ1) is 14.1. The lowest BCUT2D eigenvalue weighted by atomic mass is 10.1. The van der Waals surface area contributed by atoms with Crippen molar-refractivity contribution in [2.45, 2.75) is 0 Å². The van der Waals surface area contributed by atoms with Crippen molar-refractivity contribution in [1.82, 2.24) is 0 Å². The number of carbonyl (C=O) groups is 1. The molecule has 1 amide bonds. The molecule has 1 N–H and O–H groups in total. The van der Waals surface area contributed by atoms with Crippen LogP contribution in [0.3, 0.4) is 0 Å². The maximum atomic E-state index is 12.0. The minimum absolute atomic E-state index is 0.0212. The molecule has 0 radical (unpaired) electrons. The quantitative estimate of drug-likeness (QED) is 0.930. The predicted molar refractivity (Wildman–Crippen MR) is 76.7 cm³/mol. The summed E-state index contributed by atoms with van der Waals surface area (Å²) in [4.78, 5) is 12.0. The summed E-state index contributed by atoms with van der Waals surface area (Å²) in [6.07, 6.45) is 0. The predicted octanol–water partition coefficient (Wildman–Crippen LogP) is 2.71. The largest absolute Gasteiger partial charge is 0.479 e. The molecule has 0 bridgehead atoms. The minimum atomic E-state index is -0.294. The molecule has 0 unspecified atom stereocenters. The average Bonchev–Trinajstić information content (AvgIpc) is 2.54. The number of benzene rings is 2. The van der Waals surface area contributed by atoms with Crippen molar-refractivity contribution in [3.05, 3.63) is 59.7 Å². The fourth-order valence-corrected chi connectivity index (χ4v) is 1.68. The van der Waals surface area contributed by atoms with Gasteiger partial charge in [-0.15, -0.1) is 0 Å². The molecule has 0 heterocycles. The Morgan fingerprint density at radius 2 is 1.90 bits per heavy atom. The Hall–Kier alpha value is -3.31. The molecular weight excluding hydrogens is 266 g/mol. The fraction of sp³-hybridized carbons (Fsp3) is 0.0625. The number of nitriles is 2. The smallest absolute Gasteiger partial charge is 0.255 e. The summed E-state index contributed by atoms with van der Waals surface area (Å²) in [7, 11) is 0. The van der Waals surface area contributed by atoms with Crippen molar-refractivity contribution < 1.29 is 9.53 Å². The van der Waals surface area contributed by atoms with Crippen molar-refractivity contribution in [1.29, 1.82) is 10.5 Å². The molecule has 0 aliphatic rings. The molecule has 0 aromatic heterocycles. The van der Waals surface area contributed by atoms with Crippen LogP contribution < -0.4 is 10.1 Å². The standard InChI is InChI=1S/C16H11N3O2/c17-8-9-21-15-6-4-14(5-7-15)19-16(20)13-3-1-2-12(10-13)11-18/h1-7,10H,9H2,(H,19,20). The van der Waals surface area contributed by atoms with Crippen LogP contribution in [0, 0.1) is 22.7 Å². The van der Waals surface area contributed by atoms with Crippen molar-refractivity contribution >= 4 is 11.6 Å². The Balaban J connectivity index is 2.05. The van der Waals surface area contributed by atoms with Gasteiger partial charge in [-0.2, -0.15) is 10.5 Å². The van der Waals surface area contributed by atoms with E-state index in [4.69, 9.17) is 15.3 Å². The van der Waals surface area contributed by atoms with Crippen LogP contribution in [-0.2, 0) is 0 Å². The molecule has 0 spiro atoms. The number of hydrogen-bond acceptors (Lipinski definition) is 4. The normalized spacial score (nSPS) is 9.24. The van der Waals surface area contributed by atoms with Gasteiger partial charge >= 0.3 is 0 Å². The van der Waals surface area contributed by atoms with E-state index in [2.05, 4.69) is 5.32 Å². The summed E-state index contributed by atoms with van der Waals surface area (Å²) in [6, 6.07) is 17.0. The molecule has 5 nitrogen and oxygen atoms in total. The molecule has 21 heavy (non-hydrogen) atoms. The van der Waals surface area contributed by atoms with Gasteiger partial charge in [-0.25, -0.2) is 0 Å². The number of anilines is 1. The van der Waals surface area contributed by atoms with Crippen LogP contribution >= 0.6 is 0 Å². The van der Waals surface area contributed by atoms with Crippen molar-refractivity contribution in [2.75, 3.05) is 11.9 Å².